The maximum atomic E-state index is 13.4. The molecule has 4 heterocycles. The normalized spacial score (nSPS) is 14.7. The van der Waals surface area contributed by atoms with E-state index in [1.54, 1.807) is 0 Å². The van der Waals surface area contributed by atoms with E-state index in [2.05, 4.69) is 20.4 Å². The molecule has 7 nitrogen and oxygen atoms in total. The Labute approximate surface area is 148 Å². The first-order valence-corrected chi connectivity index (χ1v) is 8.40. The number of amides is 1. The van der Waals surface area contributed by atoms with Crippen molar-refractivity contribution in [1.82, 2.24) is 19.9 Å². The Morgan fingerprint density at radius 2 is 2.23 bits per heavy atom. The first-order chi connectivity index (χ1) is 12.4. The Bertz CT molecular complexity index is 1010. The monoisotopic (exact) mass is 381 g/mol. The van der Waals surface area contributed by atoms with Crippen molar-refractivity contribution in [2.24, 2.45) is 4.99 Å². The number of aromatic nitrogens is 3. The van der Waals surface area contributed by atoms with Crippen LogP contribution in [0.3, 0.4) is 0 Å². The number of hydrogen-bond donors (Lipinski definition) is 1. The lowest BCUT2D eigenvalue weighted by Crippen LogP contribution is -2.27. The predicted octanol–water partition coefficient (Wildman–Crippen LogP) is 2.84. The first kappa shape index (κ1) is 16.6. The Morgan fingerprint density at radius 1 is 1.38 bits per heavy atom. The van der Waals surface area contributed by atoms with Crippen LogP contribution >= 0.6 is 11.8 Å². The Morgan fingerprint density at radius 3 is 2.88 bits per heavy atom. The van der Waals surface area contributed by atoms with Crippen LogP contribution < -0.4 is 5.32 Å². The first-order valence-electron chi connectivity index (χ1n) is 7.42. The number of fused-ring (bicyclic) bond motifs is 1. The Kier molecular flexibility index (Phi) is 3.94. The van der Waals surface area contributed by atoms with Crippen LogP contribution in [0.2, 0.25) is 0 Å². The number of nitrogens with zero attached hydrogens (tertiary/aromatic N) is 4. The highest BCUT2D eigenvalue weighted by Crippen LogP contribution is 2.32. The van der Waals surface area contributed by atoms with Crippen LogP contribution in [0.4, 0.5) is 13.2 Å². The van der Waals surface area contributed by atoms with Gasteiger partial charge in [0.2, 0.25) is 0 Å². The molecule has 0 saturated carbocycles. The molecule has 0 atom stereocenters. The predicted molar refractivity (Wildman–Crippen MR) is 87.9 cm³/mol. The number of hydrogen-bond acceptors (Lipinski definition) is 6. The third kappa shape index (κ3) is 2.94. The Hall–Kier alpha value is -2.82. The molecule has 1 aliphatic heterocycles. The van der Waals surface area contributed by atoms with Gasteiger partial charge < -0.3 is 9.73 Å². The van der Waals surface area contributed by atoms with Crippen LogP contribution in [0.5, 0.6) is 0 Å². The smallest absolute Gasteiger partial charge is 0.433 e. The van der Waals surface area contributed by atoms with E-state index in [-0.39, 0.29) is 22.7 Å². The lowest BCUT2D eigenvalue weighted by atomic mass is 10.2. The molecule has 1 N–H and O–H groups in total. The molecule has 0 radical (unpaired) electrons. The standard InChI is InChI=1S/C15H10F3N5O2S/c16-15(17,18)11-6-9(10-2-1-4-25-10)21-12-8(7-20-23(11)12)13(24)22-14-19-3-5-26-14/h1-2,4,6-7H,3,5H2,(H,19,22,24). The third-order valence-electron chi connectivity index (χ3n) is 3.59. The largest absolute Gasteiger partial charge is 0.463 e. The number of carbonyl (C=O) groups excluding carboxylic acids is 1. The number of amidine groups is 1. The van der Waals surface area contributed by atoms with Crippen molar-refractivity contribution in [3.05, 3.63) is 41.9 Å². The van der Waals surface area contributed by atoms with Gasteiger partial charge in [-0.2, -0.15) is 18.3 Å². The number of carbonyl (C=O) groups is 1. The number of alkyl halides is 3. The molecular weight excluding hydrogens is 371 g/mol. The summed E-state index contributed by atoms with van der Waals surface area (Å²) < 4.78 is 46.0. The molecule has 1 amide bonds. The maximum Gasteiger partial charge on any atom is 0.433 e. The molecule has 0 fully saturated rings. The summed E-state index contributed by atoms with van der Waals surface area (Å²) in [7, 11) is 0. The molecule has 3 aromatic heterocycles. The summed E-state index contributed by atoms with van der Waals surface area (Å²) in [6.45, 7) is 0.578. The number of nitrogens with one attached hydrogen (secondary N) is 1. The Balaban J connectivity index is 1.85. The van der Waals surface area contributed by atoms with Gasteiger partial charge in [-0.3, -0.25) is 9.79 Å². The van der Waals surface area contributed by atoms with Crippen LogP contribution in [0, 0.1) is 0 Å². The average molecular weight is 381 g/mol. The van der Waals surface area contributed by atoms with Gasteiger partial charge in [-0.05, 0) is 18.2 Å². The molecule has 0 unspecified atom stereocenters. The van der Waals surface area contributed by atoms with Gasteiger partial charge in [-0.1, -0.05) is 11.8 Å². The van der Waals surface area contributed by atoms with Crippen LogP contribution in [0.15, 0.2) is 40.1 Å². The summed E-state index contributed by atoms with van der Waals surface area (Å²) in [5.74, 6) is 0.274. The molecule has 4 rings (SSSR count). The van der Waals surface area contributed by atoms with E-state index < -0.39 is 17.8 Å². The van der Waals surface area contributed by atoms with Crippen molar-refractivity contribution in [2.45, 2.75) is 6.18 Å². The fraction of sp³-hybridized carbons (Fsp3) is 0.200. The van der Waals surface area contributed by atoms with Gasteiger partial charge >= 0.3 is 6.18 Å². The average Bonchev–Trinajstić information content (AvgIpc) is 3.33. The highest BCUT2D eigenvalue weighted by molar-refractivity contribution is 8.14. The highest BCUT2D eigenvalue weighted by Gasteiger charge is 2.36. The minimum atomic E-state index is -4.69. The van der Waals surface area contributed by atoms with E-state index >= 15 is 0 Å². The molecular formula is C15H10F3N5O2S. The topological polar surface area (TPSA) is 84.8 Å². The zero-order chi connectivity index (χ0) is 18.3. The lowest BCUT2D eigenvalue weighted by Gasteiger charge is -2.10. The third-order valence-corrected chi connectivity index (χ3v) is 4.48. The summed E-state index contributed by atoms with van der Waals surface area (Å²) in [6, 6.07) is 3.85. The van der Waals surface area contributed by atoms with Crippen molar-refractivity contribution in [3.8, 4) is 11.5 Å². The quantitative estimate of drug-likeness (QED) is 0.738. The van der Waals surface area contributed by atoms with Gasteiger partial charge in [0.1, 0.15) is 11.3 Å². The molecule has 0 aromatic carbocycles. The van der Waals surface area contributed by atoms with E-state index in [9.17, 15) is 18.0 Å². The summed E-state index contributed by atoms with van der Waals surface area (Å²) in [5.41, 5.74) is -1.40. The van der Waals surface area contributed by atoms with Crippen molar-refractivity contribution in [3.63, 3.8) is 0 Å². The SMILES string of the molecule is O=C(NC1=NCCS1)c1cnn2c(C(F)(F)F)cc(-c3ccco3)nc12. The number of thioether (sulfide) groups is 1. The van der Waals surface area contributed by atoms with Gasteiger partial charge in [-0.25, -0.2) is 9.50 Å². The second-order valence-electron chi connectivity index (χ2n) is 5.28. The van der Waals surface area contributed by atoms with E-state index in [0.717, 1.165) is 18.0 Å². The summed E-state index contributed by atoms with van der Waals surface area (Å²) >= 11 is 1.36. The van der Waals surface area contributed by atoms with E-state index in [1.165, 1.54) is 30.2 Å². The maximum absolute atomic E-state index is 13.4. The molecule has 11 heteroatoms. The van der Waals surface area contributed by atoms with Crippen LogP contribution in [0.25, 0.3) is 17.1 Å². The van der Waals surface area contributed by atoms with Crippen molar-refractivity contribution < 1.29 is 22.4 Å². The van der Waals surface area contributed by atoms with Crippen LogP contribution in [-0.4, -0.2) is 38.0 Å². The molecule has 0 aliphatic carbocycles. The number of rotatable bonds is 2. The second-order valence-corrected chi connectivity index (χ2v) is 6.37. The molecule has 0 spiro atoms. The summed E-state index contributed by atoms with van der Waals surface area (Å²) in [4.78, 5) is 20.7. The van der Waals surface area contributed by atoms with Gasteiger partial charge in [-0.15, -0.1) is 0 Å². The molecule has 134 valence electrons. The summed E-state index contributed by atoms with van der Waals surface area (Å²) in [6.07, 6.45) is -2.30. The van der Waals surface area contributed by atoms with Crippen molar-refractivity contribution in [1.29, 1.82) is 0 Å². The fourth-order valence-corrected chi connectivity index (χ4v) is 3.17. The van der Waals surface area contributed by atoms with E-state index in [4.69, 9.17) is 4.42 Å². The van der Waals surface area contributed by atoms with E-state index in [1.807, 2.05) is 0 Å². The lowest BCUT2D eigenvalue weighted by molar-refractivity contribution is -0.142. The van der Waals surface area contributed by atoms with Gasteiger partial charge in [0.25, 0.3) is 5.91 Å². The minimum Gasteiger partial charge on any atom is -0.463 e. The van der Waals surface area contributed by atoms with Gasteiger partial charge in [0.05, 0.1) is 19.0 Å². The van der Waals surface area contributed by atoms with Crippen molar-refractivity contribution in [2.75, 3.05) is 12.3 Å². The highest BCUT2D eigenvalue weighted by atomic mass is 32.2. The summed E-state index contributed by atoms with van der Waals surface area (Å²) in [5, 5.41) is 6.68. The van der Waals surface area contributed by atoms with Gasteiger partial charge in [0, 0.05) is 5.75 Å². The second kappa shape index (κ2) is 6.16. The zero-order valence-electron chi connectivity index (χ0n) is 12.9. The van der Waals surface area contributed by atoms with E-state index in [0.29, 0.717) is 16.2 Å². The number of furan rings is 1. The number of aliphatic imine (C=N–C) groups is 1. The number of halogens is 3. The van der Waals surface area contributed by atoms with Crippen LogP contribution in [0.1, 0.15) is 16.1 Å². The van der Waals surface area contributed by atoms with Crippen LogP contribution in [-0.2, 0) is 6.18 Å². The fourth-order valence-electron chi connectivity index (χ4n) is 2.45. The van der Waals surface area contributed by atoms with Gasteiger partial charge in [0.15, 0.2) is 22.3 Å². The molecule has 0 saturated heterocycles. The molecule has 3 aromatic rings. The molecule has 26 heavy (non-hydrogen) atoms. The minimum absolute atomic E-state index is 0.0445. The molecule has 0 bridgehead atoms. The van der Waals surface area contributed by atoms with Crippen molar-refractivity contribution >= 4 is 28.5 Å². The zero-order valence-corrected chi connectivity index (χ0v) is 13.8. The molecule has 1 aliphatic rings.